The summed E-state index contributed by atoms with van der Waals surface area (Å²) in [5.41, 5.74) is 1.86. The molecule has 0 atom stereocenters. The molecular weight excluding hydrogens is 274 g/mol. The van der Waals surface area contributed by atoms with E-state index >= 15 is 0 Å². The first-order chi connectivity index (χ1) is 9.58. The van der Waals surface area contributed by atoms with E-state index < -0.39 is 0 Å². The summed E-state index contributed by atoms with van der Waals surface area (Å²) in [7, 11) is 3.91. The fourth-order valence-electron chi connectivity index (χ4n) is 2.23. The number of halogens is 1. The summed E-state index contributed by atoms with van der Waals surface area (Å²) in [6.07, 6.45) is 0. The average Bonchev–Trinajstić information content (AvgIpc) is 2.77. The first-order valence-corrected chi connectivity index (χ1v) is 6.61. The van der Waals surface area contributed by atoms with Crippen LogP contribution in [0.2, 0.25) is 5.15 Å². The van der Waals surface area contributed by atoms with Crippen LogP contribution in [0.4, 0.5) is 5.82 Å². The predicted molar refractivity (Wildman–Crippen MR) is 80.3 cm³/mol. The van der Waals surface area contributed by atoms with E-state index in [2.05, 4.69) is 15.1 Å². The predicted octanol–water partition coefficient (Wildman–Crippen LogP) is 2.82. The van der Waals surface area contributed by atoms with Gasteiger partial charge in [0.2, 0.25) is 0 Å². The van der Waals surface area contributed by atoms with Gasteiger partial charge in [-0.1, -0.05) is 41.9 Å². The third-order valence-corrected chi connectivity index (χ3v) is 3.28. The highest BCUT2D eigenvalue weighted by Crippen LogP contribution is 2.35. The lowest BCUT2D eigenvalue weighted by atomic mass is 10.1. The summed E-state index contributed by atoms with van der Waals surface area (Å²) in [6.45, 7) is 1.84. The van der Waals surface area contributed by atoms with Crippen molar-refractivity contribution in [1.82, 2.24) is 19.6 Å². The van der Waals surface area contributed by atoms with Gasteiger partial charge in [0.25, 0.3) is 5.78 Å². The Kier molecular flexibility index (Phi) is 3.06. The van der Waals surface area contributed by atoms with Crippen LogP contribution < -0.4 is 4.90 Å². The van der Waals surface area contributed by atoms with Gasteiger partial charge in [-0.2, -0.15) is 14.5 Å². The first kappa shape index (κ1) is 12.9. The van der Waals surface area contributed by atoms with Crippen molar-refractivity contribution in [1.29, 1.82) is 0 Å². The Labute approximate surface area is 121 Å². The van der Waals surface area contributed by atoms with E-state index in [0.29, 0.717) is 16.8 Å². The van der Waals surface area contributed by atoms with Crippen LogP contribution in [-0.2, 0) is 0 Å². The maximum atomic E-state index is 6.38. The molecule has 0 bridgehead atoms. The fourth-order valence-corrected chi connectivity index (χ4v) is 2.50. The van der Waals surface area contributed by atoms with Crippen LogP contribution in [0.3, 0.4) is 0 Å². The van der Waals surface area contributed by atoms with Crippen LogP contribution in [0.25, 0.3) is 16.9 Å². The number of benzene rings is 1. The molecule has 2 heterocycles. The molecule has 2 aromatic heterocycles. The highest BCUT2D eigenvalue weighted by molar-refractivity contribution is 6.33. The van der Waals surface area contributed by atoms with Crippen molar-refractivity contribution in [3.63, 3.8) is 0 Å². The summed E-state index contributed by atoms with van der Waals surface area (Å²) in [5, 5.41) is 4.83. The molecule has 0 amide bonds. The number of anilines is 1. The Hall–Kier alpha value is -2.14. The molecule has 6 heteroatoms. The minimum absolute atomic E-state index is 0.430. The van der Waals surface area contributed by atoms with Gasteiger partial charge in [-0.25, -0.2) is 0 Å². The van der Waals surface area contributed by atoms with E-state index in [9.17, 15) is 0 Å². The highest BCUT2D eigenvalue weighted by Gasteiger charge is 2.19. The zero-order valence-corrected chi connectivity index (χ0v) is 12.3. The first-order valence-electron chi connectivity index (χ1n) is 6.23. The van der Waals surface area contributed by atoms with Gasteiger partial charge in [-0.15, -0.1) is 5.10 Å². The summed E-state index contributed by atoms with van der Waals surface area (Å²) in [4.78, 5) is 10.6. The Morgan fingerprint density at radius 3 is 2.45 bits per heavy atom. The highest BCUT2D eigenvalue weighted by atomic mass is 35.5. The molecule has 20 heavy (non-hydrogen) atoms. The zero-order valence-electron chi connectivity index (χ0n) is 11.5. The molecule has 0 aliphatic heterocycles. The normalized spacial score (nSPS) is 11.0. The third-order valence-electron chi connectivity index (χ3n) is 3.01. The molecule has 0 radical (unpaired) electrons. The summed E-state index contributed by atoms with van der Waals surface area (Å²) < 4.78 is 1.73. The van der Waals surface area contributed by atoms with Crippen LogP contribution in [0.5, 0.6) is 0 Å². The molecule has 102 valence electrons. The quantitative estimate of drug-likeness (QED) is 0.680. The standard InChI is InChI=1S/C14H14ClN5/c1-9-16-14-17-12(15)11(10-7-5-4-6-8-10)13(19(2)3)20(14)18-9/h4-8H,1-3H3. The summed E-state index contributed by atoms with van der Waals surface area (Å²) >= 11 is 6.38. The molecule has 0 saturated heterocycles. The van der Waals surface area contributed by atoms with Crippen LogP contribution in [0.15, 0.2) is 30.3 Å². The second kappa shape index (κ2) is 4.76. The molecule has 0 spiro atoms. The van der Waals surface area contributed by atoms with Gasteiger partial charge in [0, 0.05) is 14.1 Å². The van der Waals surface area contributed by atoms with Gasteiger partial charge in [-0.3, -0.25) is 0 Å². The van der Waals surface area contributed by atoms with E-state index in [1.807, 2.05) is 56.3 Å². The molecular formula is C14H14ClN5. The van der Waals surface area contributed by atoms with E-state index in [1.165, 1.54) is 0 Å². The molecule has 0 aliphatic carbocycles. The number of hydrogen-bond acceptors (Lipinski definition) is 4. The topological polar surface area (TPSA) is 46.3 Å². The maximum Gasteiger partial charge on any atom is 0.255 e. The van der Waals surface area contributed by atoms with Crippen LogP contribution >= 0.6 is 11.6 Å². The van der Waals surface area contributed by atoms with E-state index in [4.69, 9.17) is 11.6 Å². The van der Waals surface area contributed by atoms with Crippen molar-refractivity contribution in [2.75, 3.05) is 19.0 Å². The van der Waals surface area contributed by atoms with Crippen LogP contribution in [0, 0.1) is 6.92 Å². The number of hydrogen-bond donors (Lipinski definition) is 0. The van der Waals surface area contributed by atoms with Gasteiger partial charge in [-0.05, 0) is 12.5 Å². The Morgan fingerprint density at radius 2 is 1.80 bits per heavy atom. The monoisotopic (exact) mass is 287 g/mol. The van der Waals surface area contributed by atoms with Crippen molar-refractivity contribution < 1.29 is 0 Å². The average molecular weight is 288 g/mol. The molecule has 3 aromatic rings. The number of nitrogens with zero attached hydrogens (tertiary/aromatic N) is 5. The molecule has 0 fully saturated rings. The Balaban J connectivity index is 2.41. The number of fused-ring (bicyclic) bond motifs is 1. The molecule has 0 saturated carbocycles. The van der Waals surface area contributed by atoms with Gasteiger partial charge < -0.3 is 4.90 Å². The van der Waals surface area contributed by atoms with Gasteiger partial charge in [0.15, 0.2) is 0 Å². The second-order valence-electron chi connectivity index (χ2n) is 4.73. The largest absolute Gasteiger partial charge is 0.362 e. The molecule has 0 N–H and O–H groups in total. The van der Waals surface area contributed by atoms with Gasteiger partial charge in [0.1, 0.15) is 16.8 Å². The number of rotatable bonds is 2. The molecule has 5 nitrogen and oxygen atoms in total. The van der Waals surface area contributed by atoms with Gasteiger partial charge in [0.05, 0.1) is 5.56 Å². The van der Waals surface area contributed by atoms with Crippen molar-refractivity contribution in [3.05, 3.63) is 41.3 Å². The number of aromatic nitrogens is 4. The van der Waals surface area contributed by atoms with Crippen molar-refractivity contribution in [2.45, 2.75) is 6.92 Å². The lowest BCUT2D eigenvalue weighted by molar-refractivity contribution is 0.883. The van der Waals surface area contributed by atoms with Crippen molar-refractivity contribution in [3.8, 4) is 11.1 Å². The smallest absolute Gasteiger partial charge is 0.255 e. The minimum Gasteiger partial charge on any atom is -0.362 e. The van der Waals surface area contributed by atoms with Crippen LogP contribution in [0.1, 0.15) is 5.82 Å². The second-order valence-corrected chi connectivity index (χ2v) is 5.09. The third kappa shape index (κ3) is 2.00. The molecule has 1 aromatic carbocycles. The van der Waals surface area contributed by atoms with Crippen molar-refractivity contribution in [2.24, 2.45) is 0 Å². The fraction of sp³-hybridized carbons (Fsp3) is 0.214. The SMILES string of the molecule is Cc1nc2nc(Cl)c(-c3ccccc3)c(N(C)C)n2n1. The lowest BCUT2D eigenvalue weighted by Crippen LogP contribution is -2.16. The maximum absolute atomic E-state index is 6.38. The summed E-state index contributed by atoms with van der Waals surface area (Å²) in [5.74, 6) is 2.05. The van der Waals surface area contributed by atoms with E-state index in [-0.39, 0.29) is 0 Å². The zero-order chi connectivity index (χ0) is 14.3. The van der Waals surface area contributed by atoms with Crippen molar-refractivity contribution >= 4 is 23.2 Å². The Bertz CT molecular complexity index is 764. The van der Waals surface area contributed by atoms with Crippen LogP contribution in [-0.4, -0.2) is 33.7 Å². The Morgan fingerprint density at radius 1 is 1.10 bits per heavy atom. The molecule has 3 rings (SSSR count). The molecule has 0 unspecified atom stereocenters. The van der Waals surface area contributed by atoms with E-state index in [0.717, 1.165) is 16.9 Å². The summed E-state index contributed by atoms with van der Waals surface area (Å²) in [6, 6.07) is 9.93. The number of aryl methyl sites for hydroxylation is 1. The molecule has 0 aliphatic rings. The minimum atomic E-state index is 0.430. The van der Waals surface area contributed by atoms with Gasteiger partial charge >= 0.3 is 0 Å². The lowest BCUT2D eigenvalue weighted by Gasteiger charge is -2.19. The van der Waals surface area contributed by atoms with E-state index in [1.54, 1.807) is 4.52 Å².